The van der Waals surface area contributed by atoms with E-state index in [1.54, 1.807) is 23.6 Å². The highest BCUT2D eigenvalue weighted by Gasteiger charge is 2.19. The Bertz CT molecular complexity index is 1410. The van der Waals surface area contributed by atoms with Crippen molar-refractivity contribution in [1.29, 1.82) is 0 Å². The van der Waals surface area contributed by atoms with Crippen LogP contribution >= 0.6 is 11.3 Å². The monoisotopic (exact) mass is 485 g/mol. The summed E-state index contributed by atoms with van der Waals surface area (Å²) < 4.78 is 40.5. The molecule has 0 aliphatic rings. The number of thiazole rings is 1. The Kier molecular flexibility index (Phi) is 6.11. The van der Waals surface area contributed by atoms with Gasteiger partial charge in [-0.05, 0) is 55.5 Å². The third-order valence-electron chi connectivity index (χ3n) is 4.90. The average Bonchev–Trinajstić information content (AvgIpc) is 3.41. The number of hydrogen-bond donors (Lipinski definition) is 1. The van der Waals surface area contributed by atoms with Gasteiger partial charge in [-0.2, -0.15) is 0 Å². The molecule has 4 rings (SSSR count). The van der Waals surface area contributed by atoms with Crippen molar-refractivity contribution in [1.82, 2.24) is 18.8 Å². The van der Waals surface area contributed by atoms with E-state index in [4.69, 9.17) is 0 Å². The molecule has 4 aromatic rings. The molecule has 2 aromatic heterocycles. The number of anilines is 1. The molecule has 0 aliphatic carbocycles. The highest BCUT2D eigenvalue weighted by atomic mass is 32.2. The molecule has 2 aromatic carbocycles. The zero-order chi connectivity index (χ0) is 23.8. The number of carbonyl (C=O) groups is 1. The summed E-state index contributed by atoms with van der Waals surface area (Å²) in [7, 11) is -0.693. The molecule has 11 heteroatoms. The quantitative estimate of drug-likeness (QED) is 0.446. The lowest BCUT2D eigenvalue weighted by atomic mass is 10.2. The summed E-state index contributed by atoms with van der Waals surface area (Å²) in [5.41, 5.74) is 1.75. The molecule has 2 heterocycles. The maximum absolute atomic E-state index is 13.2. The van der Waals surface area contributed by atoms with Crippen LogP contribution in [0.15, 0.2) is 65.0 Å². The maximum Gasteiger partial charge on any atom is 0.256 e. The normalized spacial score (nSPS) is 11.7. The number of imidazole rings is 1. The van der Waals surface area contributed by atoms with E-state index in [-0.39, 0.29) is 10.7 Å². The van der Waals surface area contributed by atoms with Gasteiger partial charge in [0.15, 0.2) is 5.13 Å². The van der Waals surface area contributed by atoms with Gasteiger partial charge in [0.1, 0.15) is 17.5 Å². The molecule has 33 heavy (non-hydrogen) atoms. The second-order valence-electron chi connectivity index (χ2n) is 7.31. The first kappa shape index (κ1) is 22.8. The van der Waals surface area contributed by atoms with Crippen LogP contribution < -0.4 is 5.32 Å². The molecule has 170 valence electrons. The summed E-state index contributed by atoms with van der Waals surface area (Å²) in [4.78, 5) is 21.8. The molecular weight excluding hydrogens is 465 g/mol. The van der Waals surface area contributed by atoms with Crippen LogP contribution in [0.3, 0.4) is 0 Å². The molecule has 0 unspecified atom stereocenters. The van der Waals surface area contributed by atoms with E-state index in [0.29, 0.717) is 28.0 Å². The third-order valence-corrected chi connectivity index (χ3v) is 7.55. The SMILES string of the molecule is Cc1ncc(NC(=O)c2ccc(S(=O)(=O)N(C)C)cc2)n1-c1nc(-c2ccc(F)cc2)cs1. The topological polar surface area (TPSA) is 97.2 Å². The Morgan fingerprint density at radius 2 is 1.76 bits per heavy atom. The summed E-state index contributed by atoms with van der Waals surface area (Å²) in [5, 5.41) is 5.24. The van der Waals surface area contributed by atoms with Gasteiger partial charge in [0, 0.05) is 30.6 Å². The van der Waals surface area contributed by atoms with Crippen molar-refractivity contribution in [3.63, 3.8) is 0 Å². The first-order valence-electron chi connectivity index (χ1n) is 9.77. The van der Waals surface area contributed by atoms with E-state index >= 15 is 0 Å². The molecule has 0 fully saturated rings. The molecule has 0 bridgehead atoms. The number of benzene rings is 2. The van der Waals surface area contributed by atoms with Crippen molar-refractivity contribution < 1.29 is 17.6 Å². The number of nitrogens with one attached hydrogen (secondary N) is 1. The fraction of sp³-hybridized carbons (Fsp3) is 0.136. The van der Waals surface area contributed by atoms with Crippen LogP contribution in [0, 0.1) is 12.7 Å². The van der Waals surface area contributed by atoms with Crippen LogP contribution in [0.2, 0.25) is 0 Å². The first-order valence-corrected chi connectivity index (χ1v) is 12.1. The number of nitrogens with zero attached hydrogens (tertiary/aromatic N) is 4. The third kappa shape index (κ3) is 4.56. The van der Waals surface area contributed by atoms with E-state index in [9.17, 15) is 17.6 Å². The standard InChI is InChI=1S/C22H20FN5O3S2/c1-14-24-12-20(26-21(29)16-6-10-18(11-7-16)33(30,31)27(2)3)28(14)22-25-19(13-32-22)15-4-8-17(23)9-5-15/h4-13H,1-3H3,(H,26,29). The minimum absolute atomic E-state index is 0.0982. The molecule has 1 N–H and O–H groups in total. The lowest BCUT2D eigenvalue weighted by molar-refractivity contribution is 0.102. The van der Waals surface area contributed by atoms with Crippen LogP contribution in [-0.2, 0) is 10.0 Å². The van der Waals surface area contributed by atoms with E-state index in [2.05, 4.69) is 15.3 Å². The van der Waals surface area contributed by atoms with E-state index in [0.717, 1.165) is 9.87 Å². The summed E-state index contributed by atoms with van der Waals surface area (Å²) in [6.45, 7) is 1.79. The molecule has 0 atom stereocenters. The van der Waals surface area contributed by atoms with Gasteiger partial charge in [0.05, 0.1) is 16.8 Å². The Labute approximate surface area is 194 Å². The second kappa shape index (κ2) is 8.85. The number of halogens is 1. The predicted molar refractivity (Wildman–Crippen MR) is 125 cm³/mol. The molecule has 0 radical (unpaired) electrons. The van der Waals surface area contributed by atoms with Crippen LogP contribution in [-0.4, -0.2) is 47.3 Å². The van der Waals surface area contributed by atoms with Crippen molar-refractivity contribution in [2.75, 3.05) is 19.4 Å². The van der Waals surface area contributed by atoms with Gasteiger partial charge in [-0.15, -0.1) is 11.3 Å². The van der Waals surface area contributed by atoms with E-state index in [1.807, 2.05) is 5.38 Å². The van der Waals surface area contributed by atoms with Crippen LogP contribution in [0.25, 0.3) is 16.4 Å². The van der Waals surface area contributed by atoms with Crippen molar-refractivity contribution in [3.05, 3.63) is 77.3 Å². The number of amides is 1. The van der Waals surface area contributed by atoms with Crippen LogP contribution in [0.4, 0.5) is 10.2 Å². The number of carbonyl (C=O) groups excluding carboxylic acids is 1. The second-order valence-corrected chi connectivity index (χ2v) is 10.3. The minimum Gasteiger partial charge on any atom is -0.306 e. The number of aryl methyl sites for hydroxylation is 1. The van der Waals surface area contributed by atoms with Crippen molar-refractivity contribution in [2.24, 2.45) is 0 Å². The summed E-state index contributed by atoms with van der Waals surface area (Å²) >= 11 is 1.36. The fourth-order valence-corrected chi connectivity index (χ4v) is 4.87. The average molecular weight is 486 g/mol. The van der Waals surface area contributed by atoms with Gasteiger partial charge < -0.3 is 5.32 Å². The van der Waals surface area contributed by atoms with E-state index in [1.165, 1.54) is 68.0 Å². The van der Waals surface area contributed by atoms with Crippen LogP contribution in [0.5, 0.6) is 0 Å². The van der Waals surface area contributed by atoms with Crippen molar-refractivity contribution in [3.8, 4) is 16.4 Å². The van der Waals surface area contributed by atoms with Crippen molar-refractivity contribution >= 4 is 33.1 Å². The van der Waals surface area contributed by atoms with Gasteiger partial charge in [-0.3, -0.25) is 9.36 Å². The molecule has 1 amide bonds. The maximum atomic E-state index is 13.2. The predicted octanol–water partition coefficient (Wildman–Crippen LogP) is 3.95. The zero-order valence-electron chi connectivity index (χ0n) is 18.0. The molecule has 0 aliphatic heterocycles. The molecule has 0 saturated carbocycles. The van der Waals surface area contributed by atoms with Gasteiger partial charge in [0.2, 0.25) is 10.0 Å². The molecule has 8 nitrogen and oxygen atoms in total. The number of hydrogen-bond acceptors (Lipinski definition) is 6. The van der Waals surface area contributed by atoms with Crippen molar-refractivity contribution in [2.45, 2.75) is 11.8 Å². The lowest BCUT2D eigenvalue weighted by Crippen LogP contribution is -2.22. The Morgan fingerprint density at radius 1 is 1.09 bits per heavy atom. The van der Waals surface area contributed by atoms with E-state index < -0.39 is 15.9 Å². The molecule has 0 spiro atoms. The lowest BCUT2D eigenvalue weighted by Gasteiger charge is -2.12. The van der Waals surface area contributed by atoms with Gasteiger partial charge in [0.25, 0.3) is 5.91 Å². The Balaban J connectivity index is 1.58. The highest BCUT2D eigenvalue weighted by molar-refractivity contribution is 7.89. The van der Waals surface area contributed by atoms with Gasteiger partial charge >= 0.3 is 0 Å². The summed E-state index contributed by atoms with van der Waals surface area (Å²) in [6.07, 6.45) is 1.52. The van der Waals surface area contributed by atoms with Gasteiger partial charge in [-0.1, -0.05) is 0 Å². The largest absolute Gasteiger partial charge is 0.306 e. The number of rotatable bonds is 6. The Hall–Kier alpha value is -3.41. The summed E-state index contributed by atoms with van der Waals surface area (Å²) in [5.74, 6) is 0.303. The molecular formula is C22H20FN5O3S2. The zero-order valence-corrected chi connectivity index (χ0v) is 19.6. The molecule has 0 saturated heterocycles. The minimum atomic E-state index is -3.58. The summed E-state index contributed by atoms with van der Waals surface area (Å²) in [6, 6.07) is 11.7. The van der Waals surface area contributed by atoms with Crippen LogP contribution in [0.1, 0.15) is 16.2 Å². The first-order chi connectivity index (χ1) is 15.7. The highest BCUT2D eigenvalue weighted by Crippen LogP contribution is 2.28. The number of sulfonamides is 1. The number of aromatic nitrogens is 3. The van der Waals surface area contributed by atoms with Gasteiger partial charge in [-0.25, -0.2) is 27.1 Å². The smallest absolute Gasteiger partial charge is 0.256 e. The fourth-order valence-electron chi connectivity index (χ4n) is 3.07. The Morgan fingerprint density at radius 3 is 2.39 bits per heavy atom.